The van der Waals surface area contributed by atoms with Crippen molar-refractivity contribution in [3.63, 3.8) is 0 Å². The maximum absolute atomic E-state index is 12.1. The van der Waals surface area contributed by atoms with Crippen LogP contribution in [0.1, 0.15) is 20.3 Å². The van der Waals surface area contributed by atoms with Gasteiger partial charge in [0.15, 0.2) is 0 Å². The third-order valence-corrected chi connectivity index (χ3v) is 4.78. The molecule has 2 amide bonds. The maximum Gasteiger partial charge on any atom is 0.326 e. The van der Waals surface area contributed by atoms with Crippen molar-refractivity contribution in [2.45, 2.75) is 36.8 Å². The number of thioether (sulfide) groups is 2. The van der Waals surface area contributed by atoms with Crippen molar-refractivity contribution >= 4 is 35.5 Å². The minimum atomic E-state index is -0.963. The minimum Gasteiger partial charge on any atom is -0.480 e. The van der Waals surface area contributed by atoms with Gasteiger partial charge in [0.1, 0.15) is 6.04 Å². The zero-order valence-corrected chi connectivity index (χ0v) is 13.2. The lowest BCUT2D eigenvalue weighted by atomic mass is 10.2. The van der Waals surface area contributed by atoms with Gasteiger partial charge in [-0.25, -0.2) is 9.59 Å². The van der Waals surface area contributed by atoms with Gasteiger partial charge in [0.25, 0.3) is 0 Å². The number of hydrogen-bond acceptors (Lipinski definition) is 4. The van der Waals surface area contributed by atoms with Gasteiger partial charge in [-0.3, -0.25) is 0 Å². The Morgan fingerprint density at radius 2 is 2.00 bits per heavy atom. The van der Waals surface area contributed by atoms with Gasteiger partial charge in [-0.2, -0.15) is 23.5 Å². The Hall–Kier alpha value is -0.560. The number of rotatable bonds is 5. The third-order valence-electron chi connectivity index (χ3n) is 2.91. The molecule has 110 valence electrons. The summed E-state index contributed by atoms with van der Waals surface area (Å²) in [5.74, 6) is -0.241. The maximum atomic E-state index is 12.1. The van der Waals surface area contributed by atoms with Gasteiger partial charge in [0.2, 0.25) is 0 Å². The van der Waals surface area contributed by atoms with Crippen LogP contribution in [0.2, 0.25) is 0 Å². The van der Waals surface area contributed by atoms with Crippen molar-refractivity contribution in [2.75, 3.05) is 25.1 Å². The van der Waals surface area contributed by atoms with Gasteiger partial charge in [-0.05, 0) is 18.4 Å². The first-order valence-corrected chi connectivity index (χ1v) is 8.70. The predicted octanol–water partition coefficient (Wildman–Crippen LogP) is 1.73. The molecular formula is C12H22N2O3S2. The Bertz CT molecular complexity index is 318. The molecule has 19 heavy (non-hydrogen) atoms. The van der Waals surface area contributed by atoms with E-state index < -0.39 is 12.0 Å². The molecular weight excluding hydrogens is 284 g/mol. The molecule has 2 N–H and O–H groups in total. The molecule has 0 aliphatic carbocycles. The zero-order chi connectivity index (χ0) is 14.4. The second kappa shape index (κ2) is 7.89. The Morgan fingerprint density at radius 1 is 1.42 bits per heavy atom. The van der Waals surface area contributed by atoms with E-state index in [9.17, 15) is 9.59 Å². The highest BCUT2D eigenvalue weighted by atomic mass is 32.2. The Labute approximate surface area is 122 Å². The highest BCUT2D eigenvalue weighted by molar-refractivity contribution is 8.00. The van der Waals surface area contributed by atoms with E-state index in [1.165, 1.54) is 0 Å². The van der Waals surface area contributed by atoms with Crippen LogP contribution in [0.15, 0.2) is 0 Å². The molecule has 0 aromatic rings. The predicted molar refractivity (Wildman–Crippen MR) is 81.0 cm³/mol. The van der Waals surface area contributed by atoms with E-state index >= 15 is 0 Å². The standard InChI is InChI=1S/C12H22N2O3S2/c1-8-6-14(7-9(2)19-8)12(17)13-10(11(15)16)4-5-18-3/h8-10H,4-7H2,1-3H3,(H,13,17)(H,15,16)/t8?,9?,10-/m0/s1. The van der Waals surface area contributed by atoms with Crippen LogP contribution in [0.4, 0.5) is 4.79 Å². The molecule has 0 aromatic carbocycles. The number of urea groups is 1. The lowest BCUT2D eigenvalue weighted by molar-refractivity contribution is -0.139. The molecule has 0 aromatic heterocycles. The molecule has 1 saturated heterocycles. The smallest absolute Gasteiger partial charge is 0.326 e. The normalized spacial score (nSPS) is 24.9. The van der Waals surface area contributed by atoms with Crippen LogP contribution in [-0.4, -0.2) is 63.6 Å². The number of carbonyl (C=O) groups excluding carboxylic acids is 1. The molecule has 3 atom stereocenters. The summed E-state index contributed by atoms with van der Waals surface area (Å²) in [7, 11) is 0. The quantitative estimate of drug-likeness (QED) is 0.809. The molecule has 7 heteroatoms. The Morgan fingerprint density at radius 3 is 2.47 bits per heavy atom. The van der Waals surface area contributed by atoms with E-state index in [0.29, 0.717) is 30.0 Å². The van der Waals surface area contributed by atoms with Gasteiger partial charge in [0, 0.05) is 23.6 Å². The van der Waals surface area contributed by atoms with Crippen LogP contribution in [0.25, 0.3) is 0 Å². The molecule has 1 fully saturated rings. The van der Waals surface area contributed by atoms with Crippen molar-refractivity contribution in [3.05, 3.63) is 0 Å². The molecule has 1 aliphatic heterocycles. The van der Waals surface area contributed by atoms with Crippen molar-refractivity contribution in [1.29, 1.82) is 0 Å². The molecule has 2 unspecified atom stereocenters. The molecule has 1 rings (SSSR count). The highest BCUT2D eigenvalue weighted by Gasteiger charge is 2.28. The SMILES string of the molecule is CSCC[C@H](NC(=O)N1CC(C)SC(C)C1)C(=O)O. The Kier molecular flexibility index (Phi) is 6.85. The van der Waals surface area contributed by atoms with Gasteiger partial charge in [-0.15, -0.1) is 0 Å². The highest BCUT2D eigenvalue weighted by Crippen LogP contribution is 2.24. The topological polar surface area (TPSA) is 69.6 Å². The summed E-state index contributed by atoms with van der Waals surface area (Å²) in [5, 5.41) is 12.5. The number of carboxylic acids is 1. The second-order valence-corrected chi connectivity index (χ2v) is 7.65. The molecule has 1 aliphatic rings. The monoisotopic (exact) mass is 306 g/mol. The summed E-state index contributed by atoms with van der Waals surface area (Å²) in [6.07, 6.45) is 2.38. The van der Waals surface area contributed by atoms with Crippen molar-refractivity contribution in [3.8, 4) is 0 Å². The van der Waals surface area contributed by atoms with E-state index in [4.69, 9.17) is 5.11 Å². The van der Waals surface area contributed by atoms with E-state index in [1.54, 1.807) is 16.7 Å². The number of nitrogens with one attached hydrogen (secondary N) is 1. The molecule has 0 bridgehead atoms. The number of amides is 2. The number of carbonyl (C=O) groups is 2. The summed E-state index contributed by atoms with van der Waals surface area (Å²) in [4.78, 5) is 24.9. The van der Waals surface area contributed by atoms with Crippen LogP contribution < -0.4 is 5.32 Å². The van der Waals surface area contributed by atoms with E-state index in [-0.39, 0.29) is 6.03 Å². The van der Waals surface area contributed by atoms with Gasteiger partial charge < -0.3 is 15.3 Å². The number of hydrogen-bond donors (Lipinski definition) is 2. The minimum absolute atomic E-state index is 0.257. The van der Waals surface area contributed by atoms with Gasteiger partial charge in [0.05, 0.1) is 0 Å². The van der Waals surface area contributed by atoms with E-state index in [2.05, 4.69) is 19.2 Å². The Balaban J connectivity index is 2.53. The summed E-state index contributed by atoms with van der Waals surface area (Å²) < 4.78 is 0. The second-order valence-electron chi connectivity index (χ2n) is 4.78. The molecule has 0 radical (unpaired) electrons. The van der Waals surface area contributed by atoms with Crippen molar-refractivity contribution < 1.29 is 14.7 Å². The number of aliphatic carboxylic acids is 1. The first-order chi connectivity index (χ1) is 8.93. The summed E-state index contributed by atoms with van der Waals surface area (Å²) in [6, 6.07) is -1.05. The molecule has 5 nitrogen and oxygen atoms in total. The first kappa shape index (κ1) is 16.5. The van der Waals surface area contributed by atoms with Crippen LogP contribution in [0.5, 0.6) is 0 Å². The van der Waals surface area contributed by atoms with Crippen LogP contribution in [-0.2, 0) is 4.79 Å². The van der Waals surface area contributed by atoms with E-state index in [1.807, 2.05) is 18.0 Å². The summed E-state index contributed by atoms with van der Waals surface area (Å²) in [6.45, 7) is 5.53. The lowest BCUT2D eigenvalue weighted by Gasteiger charge is -2.35. The largest absolute Gasteiger partial charge is 0.480 e. The lowest BCUT2D eigenvalue weighted by Crippen LogP contribution is -2.52. The number of carboxylic acid groups (broad SMARTS) is 1. The first-order valence-electron chi connectivity index (χ1n) is 6.36. The average molecular weight is 306 g/mol. The van der Waals surface area contributed by atoms with Crippen LogP contribution in [0, 0.1) is 0 Å². The summed E-state index contributed by atoms with van der Waals surface area (Å²) in [5.41, 5.74) is 0. The zero-order valence-electron chi connectivity index (χ0n) is 11.6. The fraction of sp³-hybridized carbons (Fsp3) is 0.833. The van der Waals surface area contributed by atoms with Crippen LogP contribution in [0.3, 0.4) is 0 Å². The molecule has 1 heterocycles. The van der Waals surface area contributed by atoms with Crippen molar-refractivity contribution in [2.24, 2.45) is 0 Å². The molecule has 0 saturated carbocycles. The molecule has 0 spiro atoms. The van der Waals surface area contributed by atoms with Gasteiger partial charge in [-0.1, -0.05) is 13.8 Å². The number of nitrogens with zero attached hydrogens (tertiary/aromatic N) is 1. The fourth-order valence-corrected chi connectivity index (χ4v) is 3.87. The van der Waals surface area contributed by atoms with E-state index in [0.717, 1.165) is 5.75 Å². The third kappa shape index (κ3) is 5.52. The fourth-order valence-electron chi connectivity index (χ4n) is 2.08. The van der Waals surface area contributed by atoms with Crippen LogP contribution >= 0.6 is 23.5 Å². The summed E-state index contributed by atoms with van der Waals surface area (Å²) >= 11 is 3.44. The van der Waals surface area contributed by atoms with Gasteiger partial charge >= 0.3 is 12.0 Å². The average Bonchev–Trinajstić information content (AvgIpc) is 2.32. The van der Waals surface area contributed by atoms with Crippen molar-refractivity contribution in [1.82, 2.24) is 10.2 Å².